The number of amides is 2. The summed E-state index contributed by atoms with van der Waals surface area (Å²) in [5.41, 5.74) is 1.69. The molecule has 0 aromatic heterocycles. The topological polar surface area (TPSA) is 101 Å². The fourth-order valence-corrected chi connectivity index (χ4v) is 6.08. The number of benzene rings is 3. The highest BCUT2D eigenvalue weighted by Gasteiger charge is 2.68. The molecule has 2 bridgehead atoms. The van der Waals surface area contributed by atoms with Gasteiger partial charge in [-0.2, -0.15) is 0 Å². The summed E-state index contributed by atoms with van der Waals surface area (Å²) in [6.07, 6.45) is 0.796. The highest BCUT2D eigenvalue weighted by Crippen LogP contribution is 2.63. The van der Waals surface area contributed by atoms with Gasteiger partial charge < -0.3 is 15.2 Å². The third-order valence-corrected chi connectivity index (χ3v) is 7.20. The van der Waals surface area contributed by atoms with Gasteiger partial charge in [-0.05, 0) is 34.4 Å². The minimum absolute atomic E-state index is 0.00274. The van der Waals surface area contributed by atoms with E-state index >= 15 is 0 Å². The number of nitrogens with zero attached hydrogens (tertiary/aromatic N) is 2. The number of carbonyl (C=O) groups excluding carboxylic acids is 3. The van der Waals surface area contributed by atoms with E-state index in [1.54, 1.807) is 6.07 Å². The lowest BCUT2D eigenvalue weighted by atomic mass is 9.48. The first-order valence-corrected chi connectivity index (χ1v) is 10.3. The Bertz CT molecular complexity index is 1270. The summed E-state index contributed by atoms with van der Waals surface area (Å²) in [7, 11) is 0. The third-order valence-electron chi connectivity index (χ3n) is 7.20. The van der Waals surface area contributed by atoms with Crippen molar-refractivity contribution in [2.24, 2.45) is 11.8 Å². The molecule has 3 aliphatic carbocycles. The predicted octanol–water partition coefficient (Wildman–Crippen LogP) is 3.13. The van der Waals surface area contributed by atoms with Gasteiger partial charge in [0.05, 0.1) is 28.6 Å². The van der Waals surface area contributed by atoms with Crippen LogP contribution in [0.2, 0.25) is 0 Å². The maximum Gasteiger partial charge on any atom is 0.239 e. The quantitative estimate of drug-likeness (QED) is 0.393. The number of rotatable bonds is 3. The van der Waals surface area contributed by atoms with E-state index in [0.717, 1.165) is 33.4 Å². The Hall–Kier alpha value is -3.81. The predicted molar refractivity (Wildman–Crippen MR) is 115 cm³/mol. The second-order valence-electron chi connectivity index (χ2n) is 8.42. The molecule has 158 valence electrons. The molecule has 0 spiro atoms. The molecule has 4 aliphatic rings. The van der Waals surface area contributed by atoms with Gasteiger partial charge in [-0.25, -0.2) is 4.90 Å². The zero-order valence-electron chi connectivity index (χ0n) is 16.7. The van der Waals surface area contributed by atoms with E-state index in [4.69, 9.17) is 0 Å². The number of carbonyl (C=O) groups is 3. The summed E-state index contributed by atoms with van der Waals surface area (Å²) in [4.78, 5) is 41.5. The number of hydrogen-bond acceptors (Lipinski definition) is 6. The highest BCUT2D eigenvalue weighted by atomic mass is 16.8. The van der Waals surface area contributed by atoms with Gasteiger partial charge in [0.2, 0.25) is 11.8 Å². The van der Waals surface area contributed by atoms with Gasteiger partial charge in [-0.3, -0.25) is 14.8 Å². The largest absolute Gasteiger partial charge is 0.733 e. The second kappa shape index (κ2) is 6.35. The van der Waals surface area contributed by atoms with Gasteiger partial charge in [0, 0.05) is 5.92 Å². The molecule has 2 atom stereocenters. The van der Waals surface area contributed by atoms with Crippen LogP contribution < -0.4 is 10.1 Å². The summed E-state index contributed by atoms with van der Waals surface area (Å²) in [6.45, 7) is 0. The lowest BCUT2D eigenvalue weighted by Gasteiger charge is -2.51. The molecular formula is C25H17N2O5-. The molecule has 3 aromatic carbocycles. The smallest absolute Gasteiger partial charge is 0.239 e. The molecule has 3 aromatic rings. The van der Waals surface area contributed by atoms with E-state index in [1.807, 2.05) is 48.5 Å². The summed E-state index contributed by atoms with van der Waals surface area (Å²) in [5.74, 6) is -3.14. The molecule has 2 amide bonds. The van der Waals surface area contributed by atoms with Crippen molar-refractivity contribution in [2.75, 3.05) is 10.1 Å². The van der Waals surface area contributed by atoms with E-state index in [1.165, 1.54) is 18.2 Å². The van der Waals surface area contributed by atoms with Crippen molar-refractivity contribution in [1.82, 2.24) is 0 Å². The van der Waals surface area contributed by atoms with Gasteiger partial charge in [0.1, 0.15) is 6.29 Å². The van der Waals surface area contributed by atoms with Gasteiger partial charge in [-0.15, -0.1) is 0 Å². The van der Waals surface area contributed by atoms with Crippen molar-refractivity contribution in [3.63, 3.8) is 0 Å². The number of anilines is 2. The van der Waals surface area contributed by atoms with Crippen LogP contribution >= 0.6 is 0 Å². The Morgan fingerprint density at radius 3 is 2.03 bits per heavy atom. The van der Waals surface area contributed by atoms with Crippen LogP contribution in [0.4, 0.5) is 11.4 Å². The molecule has 32 heavy (non-hydrogen) atoms. The van der Waals surface area contributed by atoms with Crippen molar-refractivity contribution in [3.05, 3.63) is 100 Å². The molecule has 0 radical (unpaired) electrons. The molecule has 1 N–H and O–H groups in total. The summed E-state index contributed by atoms with van der Waals surface area (Å²) in [5, 5.41) is 20.9. The van der Waals surface area contributed by atoms with E-state index in [9.17, 15) is 24.8 Å². The van der Waals surface area contributed by atoms with Crippen molar-refractivity contribution in [3.8, 4) is 0 Å². The van der Waals surface area contributed by atoms with Gasteiger partial charge in [-0.1, -0.05) is 60.7 Å². The fourth-order valence-electron chi connectivity index (χ4n) is 6.08. The van der Waals surface area contributed by atoms with Gasteiger partial charge in [0.25, 0.3) is 0 Å². The SMILES string of the molecule is O=CC12c3ccccc3C(c3ccccc31)[C@H]1C(=O)N(c3ccccc3N([O-])O)C(=O)[C@H]12. The zero-order valence-corrected chi connectivity index (χ0v) is 16.7. The average Bonchev–Trinajstić information content (AvgIpc) is 3.09. The minimum Gasteiger partial charge on any atom is -0.733 e. The normalized spacial score (nSPS) is 27.1. The number of hydrogen-bond donors (Lipinski definition) is 1. The Morgan fingerprint density at radius 1 is 0.875 bits per heavy atom. The van der Waals surface area contributed by atoms with Crippen LogP contribution in [0.3, 0.4) is 0 Å². The molecule has 7 nitrogen and oxygen atoms in total. The third kappa shape index (κ3) is 2.04. The van der Waals surface area contributed by atoms with Gasteiger partial charge in [0.15, 0.2) is 0 Å². The van der Waals surface area contributed by atoms with E-state index in [2.05, 4.69) is 0 Å². The highest BCUT2D eigenvalue weighted by molar-refractivity contribution is 6.26. The summed E-state index contributed by atoms with van der Waals surface area (Å²) >= 11 is 0. The summed E-state index contributed by atoms with van der Waals surface area (Å²) in [6, 6.07) is 20.8. The molecule has 7 rings (SSSR count). The standard InChI is InChI=1S/C25H17N2O5/c28-13-25-16-9-3-1-7-14(16)20(15-8-2-4-10-17(15)25)21-22(25)24(30)26(23(21)29)18-11-5-6-12-19(18)27(31)32/h1-13,20-22,31H/q-1/t20?,21-,22+,25?/m1/s1. The molecule has 1 aliphatic heterocycles. The van der Waals surface area contributed by atoms with E-state index in [-0.39, 0.29) is 22.5 Å². The molecule has 0 saturated carbocycles. The number of para-hydroxylation sites is 2. The fraction of sp³-hybridized carbons (Fsp3) is 0.160. The minimum atomic E-state index is -1.31. The first-order valence-electron chi connectivity index (χ1n) is 10.3. The van der Waals surface area contributed by atoms with Crippen LogP contribution in [0, 0.1) is 17.0 Å². The van der Waals surface area contributed by atoms with Crippen LogP contribution in [0.1, 0.15) is 28.2 Å². The maximum absolute atomic E-state index is 13.8. The van der Waals surface area contributed by atoms with Crippen molar-refractivity contribution in [2.45, 2.75) is 11.3 Å². The molecule has 1 fully saturated rings. The van der Waals surface area contributed by atoms with Crippen LogP contribution in [-0.4, -0.2) is 23.3 Å². The molecule has 7 heteroatoms. The maximum atomic E-state index is 13.8. The van der Waals surface area contributed by atoms with Crippen LogP contribution in [0.15, 0.2) is 72.8 Å². The lowest BCUT2D eigenvalue weighted by Crippen LogP contribution is -2.54. The lowest BCUT2D eigenvalue weighted by molar-refractivity contribution is -0.128. The van der Waals surface area contributed by atoms with Crippen LogP contribution in [0.5, 0.6) is 0 Å². The average molecular weight is 425 g/mol. The van der Waals surface area contributed by atoms with Crippen LogP contribution in [0.25, 0.3) is 0 Å². The van der Waals surface area contributed by atoms with Crippen molar-refractivity contribution < 1.29 is 19.6 Å². The van der Waals surface area contributed by atoms with E-state index < -0.39 is 29.1 Å². The first-order chi connectivity index (χ1) is 15.5. The Balaban J connectivity index is 1.64. The Labute approximate surface area is 183 Å². The zero-order chi connectivity index (χ0) is 22.2. The molecule has 1 saturated heterocycles. The Morgan fingerprint density at radius 2 is 1.44 bits per heavy atom. The molecule has 1 heterocycles. The first kappa shape index (κ1) is 18.9. The van der Waals surface area contributed by atoms with Gasteiger partial charge >= 0.3 is 0 Å². The molecular weight excluding hydrogens is 408 g/mol. The van der Waals surface area contributed by atoms with E-state index in [0.29, 0.717) is 0 Å². The number of imide groups is 1. The second-order valence-corrected chi connectivity index (χ2v) is 8.42. The number of aldehydes is 1. The monoisotopic (exact) mass is 425 g/mol. The molecule has 0 unspecified atom stereocenters. The van der Waals surface area contributed by atoms with Crippen molar-refractivity contribution in [1.29, 1.82) is 0 Å². The Kier molecular flexibility index (Phi) is 3.75. The van der Waals surface area contributed by atoms with Crippen molar-refractivity contribution >= 4 is 29.5 Å². The summed E-state index contributed by atoms with van der Waals surface area (Å²) < 4.78 is 0. The van der Waals surface area contributed by atoms with Crippen LogP contribution in [-0.2, 0) is 19.8 Å².